The van der Waals surface area contributed by atoms with Crippen LogP contribution in [0.4, 0.5) is 8.78 Å². The standard InChI is InChI=1S/C21H24F2N4O/c1-4-10-28-21-16(6-5-9-25-21)12-24-13-18-14(2)26-27(15(18)3)20-8-7-17(22)11-19(20)23/h5-9,11,24H,4,10,12-13H2,1-3H3. The van der Waals surface area contributed by atoms with Gasteiger partial charge in [0.25, 0.3) is 0 Å². The first-order valence-electron chi connectivity index (χ1n) is 9.29. The maximum Gasteiger partial charge on any atom is 0.217 e. The molecule has 2 aromatic heterocycles. The fourth-order valence-electron chi connectivity index (χ4n) is 3.03. The number of ether oxygens (including phenoxy) is 1. The summed E-state index contributed by atoms with van der Waals surface area (Å²) >= 11 is 0. The Labute approximate surface area is 163 Å². The van der Waals surface area contributed by atoms with Crippen LogP contribution in [0, 0.1) is 25.5 Å². The molecule has 0 aliphatic heterocycles. The average Bonchev–Trinajstić information content (AvgIpc) is 2.95. The minimum Gasteiger partial charge on any atom is -0.477 e. The summed E-state index contributed by atoms with van der Waals surface area (Å²) in [5, 5.41) is 7.81. The number of pyridine rings is 1. The molecule has 2 heterocycles. The molecule has 0 atom stereocenters. The molecule has 0 spiro atoms. The van der Waals surface area contributed by atoms with Gasteiger partial charge in [-0.25, -0.2) is 18.4 Å². The van der Waals surface area contributed by atoms with E-state index in [1.54, 1.807) is 6.20 Å². The van der Waals surface area contributed by atoms with E-state index < -0.39 is 11.6 Å². The van der Waals surface area contributed by atoms with Crippen LogP contribution >= 0.6 is 0 Å². The Morgan fingerprint density at radius 1 is 1.14 bits per heavy atom. The number of halogens is 2. The third-order valence-electron chi connectivity index (χ3n) is 4.49. The zero-order valence-electron chi connectivity index (χ0n) is 16.3. The molecule has 28 heavy (non-hydrogen) atoms. The number of hydrogen-bond donors (Lipinski definition) is 1. The van der Waals surface area contributed by atoms with Gasteiger partial charge in [-0.3, -0.25) is 0 Å². The van der Waals surface area contributed by atoms with E-state index in [2.05, 4.69) is 15.4 Å². The quantitative estimate of drug-likeness (QED) is 0.629. The monoisotopic (exact) mass is 386 g/mol. The molecule has 0 radical (unpaired) electrons. The first-order chi connectivity index (χ1) is 13.5. The summed E-state index contributed by atoms with van der Waals surface area (Å²) < 4.78 is 34.5. The normalized spacial score (nSPS) is 11.0. The second-order valence-corrected chi connectivity index (χ2v) is 6.58. The Hall–Kier alpha value is -2.80. The SMILES string of the molecule is CCCOc1ncccc1CNCc1c(C)nn(-c2ccc(F)cc2F)c1C. The van der Waals surface area contributed by atoms with Gasteiger partial charge in [-0.05, 0) is 38.5 Å². The highest BCUT2D eigenvalue weighted by atomic mass is 19.1. The van der Waals surface area contributed by atoms with E-state index in [4.69, 9.17) is 4.74 Å². The highest BCUT2D eigenvalue weighted by Gasteiger charge is 2.16. The number of benzene rings is 1. The topological polar surface area (TPSA) is 52.0 Å². The second kappa shape index (κ2) is 8.93. The number of aromatic nitrogens is 3. The predicted octanol–water partition coefficient (Wildman–Crippen LogP) is 4.24. The Kier molecular flexibility index (Phi) is 6.36. The average molecular weight is 386 g/mol. The van der Waals surface area contributed by atoms with Gasteiger partial charge in [0.1, 0.15) is 11.5 Å². The molecule has 0 unspecified atom stereocenters. The third-order valence-corrected chi connectivity index (χ3v) is 4.49. The number of aryl methyl sites for hydroxylation is 1. The molecular weight excluding hydrogens is 362 g/mol. The van der Waals surface area contributed by atoms with Crippen LogP contribution in [-0.4, -0.2) is 21.4 Å². The molecule has 0 saturated heterocycles. The molecule has 0 aliphatic rings. The highest BCUT2D eigenvalue weighted by molar-refractivity contribution is 5.38. The van der Waals surface area contributed by atoms with Crippen molar-refractivity contribution in [3.63, 3.8) is 0 Å². The first kappa shape index (κ1) is 19.9. The van der Waals surface area contributed by atoms with E-state index in [0.29, 0.717) is 25.6 Å². The van der Waals surface area contributed by atoms with E-state index in [9.17, 15) is 8.78 Å². The predicted molar refractivity (Wildman–Crippen MR) is 104 cm³/mol. The van der Waals surface area contributed by atoms with Crippen molar-refractivity contribution in [2.24, 2.45) is 0 Å². The molecule has 3 aromatic rings. The molecule has 0 saturated carbocycles. The molecule has 148 valence electrons. The van der Waals surface area contributed by atoms with Gasteiger partial charge in [-0.2, -0.15) is 5.10 Å². The fourth-order valence-corrected chi connectivity index (χ4v) is 3.03. The number of rotatable bonds is 8. The van der Waals surface area contributed by atoms with E-state index >= 15 is 0 Å². The van der Waals surface area contributed by atoms with E-state index in [1.165, 1.54) is 16.8 Å². The lowest BCUT2D eigenvalue weighted by atomic mass is 10.2. The zero-order valence-corrected chi connectivity index (χ0v) is 16.3. The number of nitrogens with one attached hydrogen (secondary N) is 1. The van der Waals surface area contributed by atoms with Crippen molar-refractivity contribution >= 4 is 0 Å². The zero-order chi connectivity index (χ0) is 20.1. The largest absolute Gasteiger partial charge is 0.477 e. The van der Waals surface area contributed by atoms with Crippen LogP contribution in [-0.2, 0) is 13.1 Å². The number of hydrogen-bond acceptors (Lipinski definition) is 4. The summed E-state index contributed by atoms with van der Waals surface area (Å²) in [4.78, 5) is 4.29. The molecule has 3 rings (SSSR count). The molecule has 0 amide bonds. The van der Waals surface area contributed by atoms with Crippen molar-refractivity contribution in [1.29, 1.82) is 0 Å². The number of nitrogens with zero attached hydrogens (tertiary/aromatic N) is 3. The van der Waals surface area contributed by atoms with Crippen molar-refractivity contribution in [1.82, 2.24) is 20.1 Å². The van der Waals surface area contributed by atoms with Gasteiger partial charge in [-0.15, -0.1) is 0 Å². The lowest BCUT2D eigenvalue weighted by Crippen LogP contribution is -2.15. The van der Waals surface area contributed by atoms with Crippen molar-refractivity contribution in [3.8, 4) is 11.6 Å². The molecule has 7 heteroatoms. The van der Waals surface area contributed by atoms with Crippen LogP contribution < -0.4 is 10.1 Å². The van der Waals surface area contributed by atoms with Crippen LogP contribution in [0.2, 0.25) is 0 Å². The van der Waals surface area contributed by atoms with Crippen molar-refractivity contribution in [3.05, 3.63) is 70.7 Å². The Balaban J connectivity index is 1.73. The Bertz CT molecular complexity index is 956. The molecule has 5 nitrogen and oxygen atoms in total. The van der Waals surface area contributed by atoms with Crippen LogP contribution in [0.15, 0.2) is 36.5 Å². The van der Waals surface area contributed by atoms with Crippen molar-refractivity contribution in [2.75, 3.05) is 6.61 Å². The molecule has 1 aromatic carbocycles. The summed E-state index contributed by atoms with van der Waals surface area (Å²) in [5.41, 5.74) is 3.79. The molecule has 0 bridgehead atoms. The minimum absolute atomic E-state index is 0.232. The smallest absolute Gasteiger partial charge is 0.217 e. The minimum atomic E-state index is -0.641. The fraction of sp³-hybridized carbons (Fsp3) is 0.333. The summed E-state index contributed by atoms with van der Waals surface area (Å²) in [5.74, 6) is -0.616. The summed E-state index contributed by atoms with van der Waals surface area (Å²) in [6, 6.07) is 7.34. The van der Waals surface area contributed by atoms with Crippen LogP contribution in [0.1, 0.15) is 35.9 Å². The summed E-state index contributed by atoms with van der Waals surface area (Å²) in [6.07, 6.45) is 2.63. The van der Waals surface area contributed by atoms with Crippen LogP contribution in [0.5, 0.6) is 5.88 Å². The van der Waals surface area contributed by atoms with Gasteiger partial charge in [0, 0.05) is 42.2 Å². The van der Waals surface area contributed by atoms with E-state index in [0.717, 1.165) is 35.0 Å². The van der Waals surface area contributed by atoms with Crippen LogP contribution in [0.25, 0.3) is 5.69 Å². The third kappa shape index (κ3) is 4.36. The van der Waals surface area contributed by atoms with Gasteiger partial charge >= 0.3 is 0 Å². The van der Waals surface area contributed by atoms with E-state index in [-0.39, 0.29) is 5.69 Å². The Morgan fingerprint density at radius 3 is 2.71 bits per heavy atom. The highest BCUT2D eigenvalue weighted by Crippen LogP contribution is 2.21. The molecule has 0 aliphatic carbocycles. The maximum atomic E-state index is 14.1. The van der Waals surface area contributed by atoms with Gasteiger partial charge in [-0.1, -0.05) is 13.0 Å². The van der Waals surface area contributed by atoms with Gasteiger partial charge in [0.2, 0.25) is 5.88 Å². The second-order valence-electron chi connectivity index (χ2n) is 6.58. The molecule has 1 N–H and O–H groups in total. The van der Waals surface area contributed by atoms with E-state index in [1.807, 2.05) is 32.9 Å². The van der Waals surface area contributed by atoms with Crippen molar-refractivity contribution in [2.45, 2.75) is 40.3 Å². The lowest BCUT2D eigenvalue weighted by molar-refractivity contribution is 0.301. The molecular formula is C21H24F2N4O. The van der Waals surface area contributed by atoms with Gasteiger partial charge in [0.05, 0.1) is 12.3 Å². The van der Waals surface area contributed by atoms with Gasteiger partial charge < -0.3 is 10.1 Å². The summed E-state index contributed by atoms with van der Waals surface area (Å²) in [6.45, 7) is 7.57. The lowest BCUT2D eigenvalue weighted by Gasteiger charge is -2.11. The Morgan fingerprint density at radius 2 is 1.96 bits per heavy atom. The van der Waals surface area contributed by atoms with Gasteiger partial charge in [0.15, 0.2) is 5.82 Å². The molecule has 0 fully saturated rings. The first-order valence-corrected chi connectivity index (χ1v) is 9.29. The summed E-state index contributed by atoms with van der Waals surface area (Å²) in [7, 11) is 0. The van der Waals surface area contributed by atoms with Crippen LogP contribution in [0.3, 0.4) is 0 Å². The maximum absolute atomic E-state index is 14.1. The van der Waals surface area contributed by atoms with Crippen molar-refractivity contribution < 1.29 is 13.5 Å².